The molecule has 3 saturated heterocycles. The summed E-state index contributed by atoms with van der Waals surface area (Å²) in [5.74, 6) is 0.946. The summed E-state index contributed by atoms with van der Waals surface area (Å²) in [5.41, 5.74) is 0.663. The zero-order chi connectivity index (χ0) is 12.8. The lowest BCUT2D eigenvalue weighted by atomic mass is 9.86. The highest BCUT2D eigenvalue weighted by Crippen LogP contribution is 2.39. The molecule has 18 heavy (non-hydrogen) atoms. The van der Waals surface area contributed by atoms with E-state index in [1.165, 1.54) is 58.7 Å². The van der Waals surface area contributed by atoms with E-state index in [0.29, 0.717) is 5.41 Å². The molecule has 0 aliphatic carbocycles. The molecule has 1 spiro atoms. The molecule has 3 heterocycles. The van der Waals surface area contributed by atoms with Crippen molar-refractivity contribution < 1.29 is 0 Å². The summed E-state index contributed by atoms with van der Waals surface area (Å²) in [5, 5.41) is 0. The standard InChI is InChI=1S/C15H29N3/c1-13(2)18-9-14(10-18)8-17-7-5-15(12-17)4-6-16(3)11-15/h13-14H,4-12H2,1-3H3. The quantitative estimate of drug-likeness (QED) is 0.750. The van der Waals surface area contributed by atoms with Crippen LogP contribution in [0.4, 0.5) is 0 Å². The van der Waals surface area contributed by atoms with Crippen LogP contribution in [0.3, 0.4) is 0 Å². The van der Waals surface area contributed by atoms with E-state index in [1.54, 1.807) is 0 Å². The fourth-order valence-electron chi connectivity index (χ4n) is 4.19. The van der Waals surface area contributed by atoms with E-state index in [0.717, 1.165) is 12.0 Å². The van der Waals surface area contributed by atoms with Gasteiger partial charge in [0, 0.05) is 38.8 Å². The van der Waals surface area contributed by atoms with E-state index < -0.39 is 0 Å². The van der Waals surface area contributed by atoms with Crippen LogP contribution in [0.25, 0.3) is 0 Å². The minimum absolute atomic E-state index is 0.663. The summed E-state index contributed by atoms with van der Waals surface area (Å²) in [7, 11) is 2.28. The molecule has 3 aliphatic rings. The number of hydrogen-bond donors (Lipinski definition) is 0. The van der Waals surface area contributed by atoms with Crippen LogP contribution in [0, 0.1) is 11.3 Å². The molecule has 0 aromatic rings. The first-order chi connectivity index (χ1) is 8.56. The maximum atomic E-state index is 2.75. The van der Waals surface area contributed by atoms with Crippen LogP contribution in [-0.2, 0) is 0 Å². The van der Waals surface area contributed by atoms with Crippen LogP contribution in [-0.4, -0.2) is 73.6 Å². The second kappa shape index (κ2) is 4.77. The number of likely N-dealkylation sites (tertiary alicyclic amines) is 3. The van der Waals surface area contributed by atoms with Crippen LogP contribution >= 0.6 is 0 Å². The van der Waals surface area contributed by atoms with Crippen molar-refractivity contribution >= 4 is 0 Å². The van der Waals surface area contributed by atoms with Gasteiger partial charge in [-0.2, -0.15) is 0 Å². The van der Waals surface area contributed by atoms with Crippen molar-refractivity contribution in [2.45, 2.75) is 32.7 Å². The molecule has 1 unspecified atom stereocenters. The molecule has 0 radical (unpaired) electrons. The van der Waals surface area contributed by atoms with Gasteiger partial charge in [0.2, 0.25) is 0 Å². The van der Waals surface area contributed by atoms with Crippen LogP contribution in [0.1, 0.15) is 26.7 Å². The third-order valence-corrected chi connectivity index (χ3v) is 5.38. The van der Waals surface area contributed by atoms with E-state index in [2.05, 4.69) is 35.6 Å². The van der Waals surface area contributed by atoms with Crippen molar-refractivity contribution in [2.75, 3.05) is 52.9 Å². The Kier molecular flexibility index (Phi) is 3.41. The van der Waals surface area contributed by atoms with Gasteiger partial charge in [-0.1, -0.05) is 0 Å². The van der Waals surface area contributed by atoms with Crippen molar-refractivity contribution in [3.63, 3.8) is 0 Å². The van der Waals surface area contributed by atoms with Gasteiger partial charge in [-0.15, -0.1) is 0 Å². The fraction of sp³-hybridized carbons (Fsp3) is 1.00. The summed E-state index contributed by atoms with van der Waals surface area (Å²) in [6.45, 7) is 14.0. The number of nitrogens with zero attached hydrogens (tertiary/aromatic N) is 3. The molecule has 3 rings (SSSR count). The van der Waals surface area contributed by atoms with Gasteiger partial charge in [0.1, 0.15) is 0 Å². The van der Waals surface area contributed by atoms with Gasteiger partial charge in [-0.3, -0.25) is 0 Å². The van der Waals surface area contributed by atoms with Gasteiger partial charge in [-0.05, 0) is 58.2 Å². The maximum absolute atomic E-state index is 2.75. The Labute approximate surface area is 112 Å². The monoisotopic (exact) mass is 251 g/mol. The van der Waals surface area contributed by atoms with Crippen molar-refractivity contribution in [3.05, 3.63) is 0 Å². The minimum Gasteiger partial charge on any atom is -0.306 e. The summed E-state index contributed by atoms with van der Waals surface area (Å²) in [6.07, 6.45) is 2.88. The smallest absolute Gasteiger partial charge is 0.00513 e. The second-order valence-electron chi connectivity index (χ2n) is 7.39. The van der Waals surface area contributed by atoms with Crippen LogP contribution < -0.4 is 0 Å². The van der Waals surface area contributed by atoms with Gasteiger partial charge < -0.3 is 14.7 Å². The largest absolute Gasteiger partial charge is 0.306 e. The lowest BCUT2D eigenvalue weighted by Crippen LogP contribution is -2.53. The normalized spacial score (nSPS) is 36.0. The summed E-state index contributed by atoms with van der Waals surface area (Å²) in [6, 6.07) is 0.745. The van der Waals surface area contributed by atoms with E-state index in [9.17, 15) is 0 Å². The molecular formula is C15H29N3. The summed E-state index contributed by atoms with van der Waals surface area (Å²) in [4.78, 5) is 7.87. The average molecular weight is 251 g/mol. The first kappa shape index (κ1) is 12.9. The molecule has 3 aliphatic heterocycles. The third-order valence-electron chi connectivity index (χ3n) is 5.38. The van der Waals surface area contributed by atoms with Crippen molar-refractivity contribution in [1.29, 1.82) is 0 Å². The third kappa shape index (κ3) is 2.45. The van der Waals surface area contributed by atoms with E-state index in [1.807, 2.05) is 0 Å². The SMILES string of the molecule is CC(C)N1CC(CN2CCC3(CCN(C)C3)C2)C1. The van der Waals surface area contributed by atoms with Crippen LogP contribution in [0.15, 0.2) is 0 Å². The molecule has 3 nitrogen and oxygen atoms in total. The Balaban J connectivity index is 1.44. The Hall–Kier alpha value is -0.120. The van der Waals surface area contributed by atoms with Gasteiger partial charge in [-0.25, -0.2) is 0 Å². The molecule has 0 saturated carbocycles. The first-order valence-electron chi connectivity index (χ1n) is 7.71. The van der Waals surface area contributed by atoms with Gasteiger partial charge >= 0.3 is 0 Å². The minimum atomic E-state index is 0.663. The first-order valence-corrected chi connectivity index (χ1v) is 7.71. The molecule has 0 aromatic carbocycles. The van der Waals surface area contributed by atoms with Gasteiger partial charge in [0.25, 0.3) is 0 Å². The molecule has 1 atom stereocenters. The molecule has 0 aromatic heterocycles. The van der Waals surface area contributed by atoms with E-state index >= 15 is 0 Å². The number of rotatable bonds is 3. The Morgan fingerprint density at radius 1 is 1.11 bits per heavy atom. The van der Waals surface area contributed by atoms with E-state index in [4.69, 9.17) is 0 Å². The Bertz CT molecular complexity index is 298. The highest BCUT2D eigenvalue weighted by atomic mass is 15.3. The summed E-state index contributed by atoms with van der Waals surface area (Å²) < 4.78 is 0. The lowest BCUT2D eigenvalue weighted by Gasteiger charge is -2.43. The topological polar surface area (TPSA) is 9.72 Å². The predicted octanol–water partition coefficient (Wildman–Crippen LogP) is 1.35. The molecule has 0 amide bonds. The fourth-order valence-corrected chi connectivity index (χ4v) is 4.19. The Morgan fingerprint density at radius 3 is 2.44 bits per heavy atom. The van der Waals surface area contributed by atoms with Crippen molar-refractivity contribution in [1.82, 2.24) is 14.7 Å². The average Bonchev–Trinajstić information content (AvgIpc) is 2.80. The maximum Gasteiger partial charge on any atom is 0.00513 e. The number of hydrogen-bond acceptors (Lipinski definition) is 3. The lowest BCUT2D eigenvalue weighted by molar-refractivity contribution is 0.0450. The molecule has 104 valence electrons. The van der Waals surface area contributed by atoms with Crippen LogP contribution in [0.2, 0.25) is 0 Å². The zero-order valence-corrected chi connectivity index (χ0v) is 12.4. The molecule has 3 heteroatoms. The van der Waals surface area contributed by atoms with Gasteiger partial charge in [0.15, 0.2) is 0 Å². The highest BCUT2D eigenvalue weighted by molar-refractivity contribution is 4.97. The van der Waals surface area contributed by atoms with E-state index in [-0.39, 0.29) is 0 Å². The summed E-state index contributed by atoms with van der Waals surface area (Å²) >= 11 is 0. The highest BCUT2D eigenvalue weighted by Gasteiger charge is 2.43. The van der Waals surface area contributed by atoms with Crippen LogP contribution in [0.5, 0.6) is 0 Å². The van der Waals surface area contributed by atoms with Gasteiger partial charge in [0.05, 0.1) is 0 Å². The molecule has 3 fully saturated rings. The second-order valence-corrected chi connectivity index (χ2v) is 7.39. The predicted molar refractivity (Wildman–Crippen MR) is 75.8 cm³/mol. The molecular weight excluding hydrogens is 222 g/mol. The molecule has 0 bridgehead atoms. The molecule has 0 N–H and O–H groups in total. The van der Waals surface area contributed by atoms with Crippen molar-refractivity contribution in [2.24, 2.45) is 11.3 Å². The Morgan fingerprint density at radius 2 is 1.83 bits per heavy atom. The van der Waals surface area contributed by atoms with Crippen molar-refractivity contribution in [3.8, 4) is 0 Å². The zero-order valence-electron chi connectivity index (χ0n) is 12.4.